The minimum atomic E-state index is -3.67. The van der Waals surface area contributed by atoms with Crippen molar-refractivity contribution in [1.29, 1.82) is 0 Å². The van der Waals surface area contributed by atoms with E-state index < -0.39 is 7.82 Å². The second-order valence-electron chi connectivity index (χ2n) is 1.07. The van der Waals surface area contributed by atoms with Crippen molar-refractivity contribution in [3.63, 3.8) is 0 Å². The number of hydrogen-bond donors (Lipinski definition) is 1. The zero-order chi connectivity index (χ0) is 6.62. The van der Waals surface area contributed by atoms with E-state index in [0.717, 1.165) is 7.11 Å². The maximum Gasteiger partial charge on any atom is 0.471 e. The summed E-state index contributed by atoms with van der Waals surface area (Å²) in [6.07, 6.45) is 0. The Hall–Kier alpha value is -0.240. The molecule has 4 nitrogen and oxygen atoms in total. The average molecular weight is 240 g/mol. The molecule has 0 aliphatic heterocycles. The summed E-state index contributed by atoms with van der Waals surface area (Å²) in [5.74, 6) is 0. The zero-order valence-electron chi connectivity index (χ0n) is 6.87. The first-order valence-corrected chi connectivity index (χ1v) is 3.65. The van der Waals surface area contributed by atoms with Crippen molar-refractivity contribution in [3.8, 4) is 0 Å². The molecule has 0 fully saturated rings. The van der Waals surface area contributed by atoms with Gasteiger partial charge in [-0.1, -0.05) is 0 Å². The molecule has 0 aliphatic carbocycles. The van der Waals surface area contributed by atoms with Gasteiger partial charge in [-0.3, -0.25) is 32.6 Å². The molecule has 0 saturated carbocycles. The first kappa shape index (κ1) is 38.6. The lowest BCUT2D eigenvalue weighted by atomic mass is 10.9. The highest BCUT2D eigenvalue weighted by atomic mass is 31.2. The first-order chi connectivity index (χ1) is 3.62. The topological polar surface area (TPSA) is 55.8 Å². The van der Waals surface area contributed by atoms with Gasteiger partial charge in [0.05, 0.1) is 6.61 Å². The molecule has 0 aromatic carbocycles. The third kappa shape index (κ3) is 24.5. The Kier molecular flexibility index (Phi) is 52.7. The van der Waals surface area contributed by atoms with Gasteiger partial charge in [-0.25, -0.2) is 4.57 Å². The van der Waals surface area contributed by atoms with E-state index in [4.69, 9.17) is 4.89 Å². The van der Waals surface area contributed by atoms with Crippen LogP contribution in [-0.4, -0.2) is 18.6 Å². The minimum absolute atomic E-state index is 0. The third-order valence-electron chi connectivity index (χ3n) is 0.523. The molecule has 0 saturated heterocycles. The Balaban J connectivity index is -0.0000000245. The van der Waals surface area contributed by atoms with Crippen molar-refractivity contribution in [2.45, 2.75) is 6.92 Å². The minimum Gasteiger partial charge on any atom is -0.303 e. The van der Waals surface area contributed by atoms with Gasteiger partial charge in [-0.15, -0.1) is 0 Å². The van der Waals surface area contributed by atoms with Crippen LogP contribution in [0.5, 0.6) is 0 Å². The van der Waals surface area contributed by atoms with Crippen LogP contribution in [0.4, 0.5) is 23.5 Å². The predicted octanol–water partition coefficient (Wildman–Crippen LogP) is 1.53. The van der Waals surface area contributed by atoms with Gasteiger partial charge in [0.1, 0.15) is 0 Å². The zero-order valence-corrected chi connectivity index (χ0v) is 7.76. The van der Waals surface area contributed by atoms with Crippen LogP contribution in [-0.2, 0) is 13.6 Å². The van der Waals surface area contributed by atoms with Crippen LogP contribution in [0.25, 0.3) is 0 Å². The Morgan fingerprint density at radius 2 is 1.46 bits per heavy atom. The molecular formula is C3H14F5O4P. The molecule has 0 aromatic rings. The van der Waals surface area contributed by atoms with Gasteiger partial charge in [0, 0.05) is 7.11 Å². The van der Waals surface area contributed by atoms with Crippen molar-refractivity contribution in [3.05, 3.63) is 0 Å². The number of rotatable bonds is 3. The van der Waals surface area contributed by atoms with E-state index in [1.165, 1.54) is 0 Å². The fourth-order valence-electron chi connectivity index (χ4n) is 0.216. The van der Waals surface area contributed by atoms with Gasteiger partial charge >= 0.3 is 7.82 Å². The van der Waals surface area contributed by atoms with Gasteiger partial charge in [0.25, 0.3) is 0 Å². The molecule has 10 heteroatoms. The highest BCUT2D eigenvalue weighted by Gasteiger charge is 2.15. The van der Waals surface area contributed by atoms with Gasteiger partial charge in [-0.2, -0.15) is 0 Å². The van der Waals surface area contributed by atoms with E-state index in [9.17, 15) is 4.57 Å². The molecular weight excluding hydrogens is 226 g/mol. The molecule has 0 aromatic heterocycles. The molecule has 0 aliphatic rings. The van der Waals surface area contributed by atoms with Crippen LogP contribution in [0.3, 0.4) is 0 Å². The van der Waals surface area contributed by atoms with Gasteiger partial charge in [-0.05, 0) is 6.92 Å². The molecule has 0 radical (unpaired) electrons. The average Bonchev–Trinajstić information content (AvgIpc) is 1.67. The van der Waals surface area contributed by atoms with Gasteiger partial charge in [0.15, 0.2) is 0 Å². The lowest BCUT2D eigenvalue weighted by Crippen LogP contribution is -1.89. The van der Waals surface area contributed by atoms with Crippen LogP contribution < -0.4 is 0 Å². The first-order valence-electron chi connectivity index (χ1n) is 2.15. The Morgan fingerprint density at radius 3 is 1.54 bits per heavy atom. The van der Waals surface area contributed by atoms with Gasteiger partial charge < -0.3 is 4.89 Å². The number of phosphoric acid groups is 1. The quantitative estimate of drug-likeness (QED) is 0.600. The number of halogens is 5. The predicted molar refractivity (Wildman–Crippen MR) is 41.0 cm³/mol. The second-order valence-corrected chi connectivity index (χ2v) is 2.63. The normalized spacial score (nSPS) is 11.0. The van der Waals surface area contributed by atoms with Crippen LogP contribution in [0, 0.1) is 0 Å². The summed E-state index contributed by atoms with van der Waals surface area (Å²) in [6.45, 7) is 1.80. The fourth-order valence-corrected chi connectivity index (χ4v) is 0.648. The largest absolute Gasteiger partial charge is 0.471 e. The highest BCUT2D eigenvalue weighted by Crippen LogP contribution is 2.41. The van der Waals surface area contributed by atoms with Crippen LogP contribution in [0.15, 0.2) is 0 Å². The molecule has 0 bridgehead atoms. The number of hydrogen-bond acceptors (Lipinski definition) is 3. The summed E-state index contributed by atoms with van der Waals surface area (Å²) in [6, 6.07) is 0. The standard InChI is InChI=1S/C3H9O4P.5FH/c1-3-7-8(4,5)6-2;;;;;/h3H2,1-2H3,(H,4,5);5*1H. The van der Waals surface area contributed by atoms with Crippen molar-refractivity contribution < 1.29 is 42.0 Å². The van der Waals surface area contributed by atoms with Crippen LogP contribution in [0.1, 0.15) is 6.92 Å². The molecule has 0 rings (SSSR count). The van der Waals surface area contributed by atoms with E-state index in [2.05, 4.69) is 9.05 Å². The Morgan fingerprint density at radius 1 is 1.15 bits per heavy atom. The maximum absolute atomic E-state index is 10.3. The summed E-state index contributed by atoms with van der Waals surface area (Å²) in [7, 11) is -2.55. The SMILES string of the molecule is CCOP(=O)(O)OC.F.F.F.F.F. The van der Waals surface area contributed by atoms with Crippen LogP contribution >= 0.6 is 7.82 Å². The van der Waals surface area contributed by atoms with Crippen molar-refractivity contribution >= 4 is 7.82 Å². The molecule has 0 spiro atoms. The second kappa shape index (κ2) is 17.7. The van der Waals surface area contributed by atoms with E-state index in [-0.39, 0.29) is 30.1 Å². The highest BCUT2D eigenvalue weighted by molar-refractivity contribution is 7.47. The summed E-state index contributed by atoms with van der Waals surface area (Å²) in [5.41, 5.74) is 0. The smallest absolute Gasteiger partial charge is 0.303 e. The van der Waals surface area contributed by atoms with Gasteiger partial charge in [0.2, 0.25) is 0 Å². The van der Waals surface area contributed by atoms with Crippen molar-refractivity contribution in [2.24, 2.45) is 0 Å². The van der Waals surface area contributed by atoms with Crippen LogP contribution in [0.2, 0.25) is 0 Å². The van der Waals surface area contributed by atoms with Crippen molar-refractivity contribution in [2.75, 3.05) is 13.7 Å². The van der Waals surface area contributed by atoms with Crippen molar-refractivity contribution in [1.82, 2.24) is 0 Å². The van der Waals surface area contributed by atoms with E-state index in [0.29, 0.717) is 0 Å². The molecule has 90 valence electrons. The Labute approximate surface area is 71.7 Å². The number of phosphoric ester groups is 1. The monoisotopic (exact) mass is 240 g/mol. The lowest BCUT2D eigenvalue weighted by Gasteiger charge is -2.04. The maximum atomic E-state index is 10.3. The molecule has 1 unspecified atom stereocenters. The summed E-state index contributed by atoms with van der Waals surface area (Å²) >= 11 is 0. The Bertz CT molecular complexity index is 114. The lowest BCUT2D eigenvalue weighted by molar-refractivity contribution is 0.181. The summed E-state index contributed by atoms with van der Waals surface area (Å²) < 4.78 is 18.6. The fraction of sp³-hybridized carbons (Fsp3) is 1.00. The van der Waals surface area contributed by atoms with E-state index in [1.54, 1.807) is 6.92 Å². The molecule has 1 atom stereocenters. The molecule has 1 N–H and O–H groups in total. The summed E-state index contributed by atoms with van der Waals surface area (Å²) in [5, 5.41) is 0. The van der Waals surface area contributed by atoms with E-state index >= 15 is 0 Å². The molecule has 13 heavy (non-hydrogen) atoms. The van der Waals surface area contributed by atoms with E-state index in [1.807, 2.05) is 0 Å². The molecule has 0 heterocycles. The summed E-state index contributed by atoms with van der Waals surface area (Å²) in [4.78, 5) is 8.43. The molecule has 0 amide bonds. The third-order valence-corrected chi connectivity index (χ3v) is 1.57.